The number of nitrogens with zero attached hydrogens (tertiary/aromatic N) is 3. The fourth-order valence-electron chi connectivity index (χ4n) is 3.44. The Balaban J connectivity index is 2.03. The van der Waals surface area contributed by atoms with Crippen LogP contribution in [0, 0.1) is 5.92 Å². The topological polar surface area (TPSA) is 93.7 Å². The Labute approximate surface area is 196 Å². The number of hydrogen-bond donors (Lipinski definition) is 1. The Morgan fingerprint density at radius 3 is 2.50 bits per heavy atom. The van der Waals surface area contributed by atoms with Crippen LogP contribution < -0.4 is 10.2 Å². The number of nitrogens with one attached hydrogen (secondary N) is 1. The van der Waals surface area contributed by atoms with Crippen LogP contribution in [0.25, 0.3) is 0 Å². The van der Waals surface area contributed by atoms with Crippen LogP contribution in [-0.4, -0.2) is 40.4 Å². The van der Waals surface area contributed by atoms with Gasteiger partial charge in [0, 0.05) is 22.2 Å². The lowest BCUT2D eigenvalue weighted by Gasteiger charge is -2.27. The van der Waals surface area contributed by atoms with Crippen molar-refractivity contribution in [2.24, 2.45) is 5.92 Å². The molecule has 2 amide bonds. The van der Waals surface area contributed by atoms with Crippen LogP contribution in [0.4, 0.5) is 21.4 Å². The van der Waals surface area contributed by atoms with Crippen LogP contribution in [-0.2, 0) is 9.47 Å². The van der Waals surface area contributed by atoms with Crippen LogP contribution >= 0.6 is 15.9 Å². The smallest absolute Gasteiger partial charge is 0.415 e. The van der Waals surface area contributed by atoms with E-state index in [0.717, 1.165) is 15.6 Å². The molecule has 0 aliphatic carbocycles. The number of amides is 2. The van der Waals surface area contributed by atoms with Gasteiger partial charge in [-0.3, -0.25) is 10.2 Å². The number of carbonyl (C=O) groups excluding carboxylic acids is 2. The van der Waals surface area contributed by atoms with Crippen LogP contribution in [0.2, 0.25) is 0 Å². The van der Waals surface area contributed by atoms with E-state index in [0.29, 0.717) is 5.82 Å². The number of cyclic esters (lactones) is 1. The maximum atomic E-state index is 12.7. The Kier molecular flexibility index (Phi) is 7.07. The summed E-state index contributed by atoms with van der Waals surface area (Å²) in [7, 11) is 0. The Morgan fingerprint density at radius 1 is 1.25 bits per heavy atom. The zero-order valence-electron chi connectivity index (χ0n) is 19.2. The molecule has 2 atom stereocenters. The molecule has 172 valence electrons. The van der Waals surface area contributed by atoms with Crippen LogP contribution in [0.15, 0.2) is 34.9 Å². The van der Waals surface area contributed by atoms with Gasteiger partial charge in [-0.25, -0.2) is 14.6 Å². The molecule has 1 aromatic carbocycles. The van der Waals surface area contributed by atoms with Gasteiger partial charge in [-0.2, -0.15) is 4.98 Å². The van der Waals surface area contributed by atoms with Gasteiger partial charge in [-0.1, -0.05) is 48.8 Å². The number of benzene rings is 1. The van der Waals surface area contributed by atoms with Gasteiger partial charge in [0.05, 0.1) is 6.04 Å². The van der Waals surface area contributed by atoms with E-state index in [1.807, 2.05) is 45.0 Å². The summed E-state index contributed by atoms with van der Waals surface area (Å²) in [4.78, 5) is 35.4. The minimum absolute atomic E-state index is 0.0585. The first-order chi connectivity index (χ1) is 15.0. The van der Waals surface area contributed by atoms with Crippen molar-refractivity contribution in [1.82, 2.24) is 9.97 Å². The summed E-state index contributed by atoms with van der Waals surface area (Å²) in [5.74, 6) is 0.523. The predicted octanol–water partition coefficient (Wildman–Crippen LogP) is 5.72. The van der Waals surface area contributed by atoms with Crippen molar-refractivity contribution < 1.29 is 19.1 Å². The Hall–Kier alpha value is -2.68. The molecule has 1 aliphatic heterocycles. The van der Waals surface area contributed by atoms with E-state index in [4.69, 9.17) is 9.47 Å². The number of carbonyl (C=O) groups is 2. The van der Waals surface area contributed by atoms with E-state index in [1.54, 1.807) is 31.9 Å². The first-order valence-electron chi connectivity index (χ1n) is 10.5. The highest BCUT2D eigenvalue weighted by Crippen LogP contribution is 2.35. The Morgan fingerprint density at radius 2 is 1.91 bits per heavy atom. The molecule has 0 unspecified atom stereocenters. The largest absolute Gasteiger partial charge is 0.447 e. The van der Waals surface area contributed by atoms with Crippen molar-refractivity contribution in [3.05, 3.63) is 46.1 Å². The van der Waals surface area contributed by atoms with Gasteiger partial charge < -0.3 is 9.47 Å². The molecule has 0 bridgehead atoms. The van der Waals surface area contributed by atoms with E-state index in [-0.39, 0.29) is 30.4 Å². The third-order valence-electron chi connectivity index (χ3n) is 5.15. The van der Waals surface area contributed by atoms with Gasteiger partial charge in [0.2, 0.25) is 5.95 Å². The molecule has 1 aromatic heterocycles. The van der Waals surface area contributed by atoms with Gasteiger partial charge in [0.25, 0.3) is 0 Å². The molecule has 9 heteroatoms. The van der Waals surface area contributed by atoms with Crippen molar-refractivity contribution in [2.45, 2.75) is 59.1 Å². The van der Waals surface area contributed by atoms with E-state index >= 15 is 0 Å². The fourth-order valence-corrected chi connectivity index (χ4v) is 3.70. The van der Waals surface area contributed by atoms with Crippen molar-refractivity contribution >= 4 is 39.9 Å². The third kappa shape index (κ3) is 5.56. The van der Waals surface area contributed by atoms with Crippen molar-refractivity contribution in [2.75, 3.05) is 16.8 Å². The summed E-state index contributed by atoms with van der Waals surface area (Å²) in [6.45, 7) is 11.7. The van der Waals surface area contributed by atoms with Gasteiger partial charge in [-0.15, -0.1) is 0 Å². The van der Waals surface area contributed by atoms with E-state index < -0.39 is 17.8 Å². The number of aromatic nitrogens is 2. The SMILES string of the molecule is CC(C)[C@H]1COC(=O)N1c1nc(NC(=O)OC(C)(C)C)ncc1[C@@H](C)c1ccc(Br)cc1. The van der Waals surface area contributed by atoms with Crippen LogP contribution in [0.3, 0.4) is 0 Å². The van der Waals surface area contributed by atoms with Crippen molar-refractivity contribution in [3.8, 4) is 0 Å². The molecule has 3 rings (SSSR count). The highest BCUT2D eigenvalue weighted by Gasteiger charge is 2.39. The molecule has 0 saturated carbocycles. The Bertz CT molecular complexity index is 988. The van der Waals surface area contributed by atoms with E-state index in [1.165, 1.54) is 0 Å². The normalized spacial score (nSPS) is 17.3. The molecule has 1 fully saturated rings. The number of anilines is 2. The van der Waals surface area contributed by atoms with Crippen molar-refractivity contribution in [3.63, 3.8) is 0 Å². The predicted molar refractivity (Wildman–Crippen MR) is 126 cm³/mol. The molecular formula is C23H29BrN4O4. The quantitative estimate of drug-likeness (QED) is 0.559. The second kappa shape index (κ2) is 9.44. The molecular weight excluding hydrogens is 476 g/mol. The summed E-state index contributed by atoms with van der Waals surface area (Å²) in [5.41, 5.74) is 1.14. The molecule has 2 aromatic rings. The summed E-state index contributed by atoms with van der Waals surface area (Å²) >= 11 is 3.46. The molecule has 1 saturated heterocycles. The average molecular weight is 505 g/mol. The second-order valence-electron chi connectivity index (χ2n) is 9.13. The van der Waals surface area contributed by atoms with Crippen molar-refractivity contribution in [1.29, 1.82) is 0 Å². The summed E-state index contributed by atoms with van der Waals surface area (Å²) in [6, 6.07) is 7.77. The van der Waals surface area contributed by atoms with Crippen LogP contribution in [0.5, 0.6) is 0 Å². The monoisotopic (exact) mass is 504 g/mol. The third-order valence-corrected chi connectivity index (χ3v) is 5.68. The summed E-state index contributed by atoms with van der Waals surface area (Å²) < 4.78 is 11.6. The zero-order chi connectivity index (χ0) is 23.6. The van der Waals surface area contributed by atoms with Gasteiger partial charge in [0.15, 0.2) is 0 Å². The fraction of sp³-hybridized carbons (Fsp3) is 0.478. The average Bonchev–Trinajstić information content (AvgIpc) is 3.08. The summed E-state index contributed by atoms with van der Waals surface area (Å²) in [5, 5.41) is 2.57. The minimum atomic E-state index is -0.665. The second-order valence-corrected chi connectivity index (χ2v) is 10.0. The minimum Gasteiger partial charge on any atom is -0.447 e. The lowest BCUT2D eigenvalue weighted by atomic mass is 9.93. The number of ether oxygens (including phenoxy) is 2. The molecule has 0 spiro atoms. The first-order valence-corrected chi connectivity index (χ1v) is 11.3. The molecule has 2 heterocycles. The van der Waals surface area contributed by atoms with E-state index in [2.05, 4.69) is 31.2 Å². The van der Waals surface area contributed by atoms with Gasteiger partial charge in [-0.05, 0) is 44.4 Å². The maximum Gasteiger partial charge on any atom is 0.415 e. The number of rotatable bonds is 5. The first kappa shape index (κ1) is 24.0. The number of halogens is 1. The molecule has 0 radical (unpaired) electrons. The van der Waals surface area contributed by atoms with E-state index in [9.17, 15) is 9.59 Å². The lowest BCUT2D eigenvalue weighted by molar-refractivity contribution is 0.0634. The highest BCUT2D eigenvalue weighted by molar-refractivity contribution is 9.10. The maximum absolute atomic E-state index is 12.7. The lowest BCUT2D eigenvalue weighted by Crippen LogP contribution is -2.39. The van der Waals surface area contributed by atoms with Gasteiger partial charge in [0.1, 0.15) is 18.0 Å². The standard InChI is InChI=1S/C23H29BrN4O4/c1-13(2)18-12-31-22(30)28(18)19-17(14(3)15-7-9-16(24)10-8-15)11-25-20(26-19)27-21(29)32-23(4,5)6/h7-11,13-14,18H,12H2,1-6H3,(H,25,26,27,29)/t14-,18+/m0/s1. The molecule has 1 aliphatic rings. The van der Waals surface area contributed by atoms with Crippen LogP contribution in [0.1, 0.15) is 58.6 Å². The molecule has 1 N–H and O–H groups in total. The molecule has 32 heavy (non-hydrogen) atoms. The van der Waals surface area contributed by atoms with Gasteiger partial charge >= 0.3 is 12.2 Å². The summed E-state index contributed by atoms with van der Waals surface area (Å²) in [6.07, 6.45) is 0.515. The highest BCUT2D eigenvalue weighted by atomic mass is 79.9. The molecule has 8 nitrogen and oxygen atoms in total. The number of hydrogen-bond acceptors (Lipinski definition) is 6. The zero-order valence-corrected chi connectivity index (χ0v) is 20.8.